The van der Waals surface area contributed by atoms with Crippen LogP contribution in [-0.2, 0) is 12.4 Å². The molecule has 0 aliphatic rings. The molecule has 0 amide bonds. The van der Waals surface area contributed by atoms with E-state index >= 15 is 0 Å². The van der Waals surface area contributed by atoms with E-state index in [1.54, 1.807) is 6.07 Å². The Labute approximate surface area is 147 Å². The normalized spacial score (nSPS) is 12.8. The third kappa shape index (κ3) is 2.86. The lowest BCUT2D eigenvalue weighted by molar-refractivity contribution is -0.140. The smallest absolute Gasteiger partial charge is 0.271 e. The number of alkyl halides is 6. The van der Waals surface area contributed by atoms with Gasteiger partial charge >= 0.3 is 12.4 Å². The molecule has 2 aromatic carbocycles. The molecule has 4 nitrogen and oxygen atoms in total. The first-order chi connectivity index (χ1) is 12.7. The highest BCUT2D eigenvalue weighted by Gasteiger charge is 2.37. The van der Waals surface area contributed by atoms with E-state index in [1.165, 1.54) is 18.2 Å². The molecule has 0 saturated heterocycles. The van der Waals surface area contributed by atoms with Gasteiger partial charge in [0.25, 0.3) is 0 Å². The highest BCUT2D eigenvalue weighted by Crippen LogP contribution is 2.35. The Bertz CT molecular complexity index is 1140. The van der Waals surface area contributed by atoms with E-state index < -0.39 is 29.3 Å². The lowest BCUT2D eigenvalue weighted by Crippen LogP contribution is -2.11. The van der Waals surface area contributed by atoms with Crippen molar-refractivity contribution in [1.82, 2.24) is 19.6 Å². The summed E-state index contributed by atoms with van der Waals surface area (Å²) in [4.78, 5) is 3.63. The molecule has 4 rings (SSSR count). The van der Waals surface area contributed by atoms with Crippen LogP contribution >= 0.6 is 0 Å². The summed E-state index contributed by atoms with van der Waals surface area (Å²) in [6, 6.07) is 10.0. The second-order valence-electron chi connectivity index (χ2n) is 5.70. The maximum Gasteiger partial charge on any atom is 0.437 e. The summed E-state index contributed by atoms with van der Waals surface area (Å²) >= 11 is 0. The third-order valence-corrected chi connectivity index (χ3v) is 3.97. The number of aromatic nitrogens is 4. The van der Waals surface area contributed by atoms with Gasteiger partial charge in [-0.05, 0) is 24.3 Å². The number of rotatable bonds is 1. The Morgan fingerprint density at radius 3 is 2.04 bits per heavy atom. The van der Waals surface area contributed by atoms with Gasteiger partial charge in [-0.25, -0.2) is 4.98 Å². The van der Waals surface area contributed by atoms with Crippen LogP contribution in [0.25, 0.3) is 28.1 Å². The SMILES string of the molecule is FC(F)(F)c1ccc(-c2nnc3c(C(F)(F)F)nc4ccccc4n23)cc1. The van der Waals surface area contributed by atoms with Crippen LogP contribution in [0, 0.1) is 0 Å². The largest absolute Gasteiger partial charge is 0.437 e. The van der Waals surface area contributed by atoms with Crippen molar-refractivity contribution in [2.24, 2.45) is 0 Å². The molecule has 0 radical (unpaired) electrons. The molecule has 2 aromatic heterocycles. The van der Waals surface area contributed by atoms with Crippen LogP contribution in [0.2, 0.25) is 0 Å². The standard InChI is InChI=1S/C17H8F6N4/c18-16(19,20)10-7-5-9(6-8-10)14-25-26-15-13(17(21,22)23)24-11-3-1-2-4-12(11)27(14)15/h1-8H. The monoisotopic (exact) mass is 382 g/mol. The van der Waals surface area contributed by atoms with E-state index in [0.29, 0.717) is 5.52 Å². The van der Waals surface area contributed by atoms with Crippen molar-refractivity contribution in [3.05, 3.63) is 59.8 Å². The van der Waals surface area contributed by atoms with E-state index in [0.717, 1.165) is 28.7 Å². The van der Waals surface area contributed by atoms with Crippen LogP contribution in [0.5, 0.6) is 0 Å². The van der Waals surface area contributed by atoms with E-state index in [9.17, 15) is 26.3 Å². The minimum atomic E-state index is -4.77. The first-order valence-electron chi connectivity index (χ1n) is 7.55. The van der Waals surface area contributed by atoms with Gasteiger partial charge in [-0.2, -0.15) is 26.3 Å². The molecule has 0 fully saturated rings. The molecule has 27 heavy (non-hydrogen) atoms. The second-order valence-corrected chi connectivity index (χ2v) is 5.70. The van der Waals surface area contributed by atoms with Crippen molar-refractivity contribution >= 4 is 16.7 Å². The van der Waals surface area contributed by atoms with Gasteiger partial charge in [-0.3, -0.25) is 4.40 Å². The summed E-state index contributed by atoms with van der Waals surface area (Å²) in [7, 11) is 0. The summed E-state index contributed by atoms with van der Waals surface area (Å²) in [5.74, 6) is -0.0113. The lowest BCUT2D eigenvalue weighted by Gasteiger charge is -2.11. The molecule has 2 heterocycles. The molecule has 0 bridgehead atoms. The number of hydrogen-bond acceptors (Lipinski definition) is 3. The molecule has 4 aromatic rings. The van der Waals surface area contributed by atoms with Crippen LogP contribution in [0.4, 0.5) is 26.3 Å². The predicted octanol–water partition coefficient (Wildman–Crippen LogP) is 4.98. The lowest BCUT2D eigenvalue weighted by atomic mass is 10.1. The first kappa shape index (κ1) is 17.3. The fourth-order valence-corrected chi connectivity index (χ4v) is 2.77. The van der Waals surface area contributed by atoms with Crippen LogP contribution in [-0.4, -0.2) is 19.6 Å². The van der Waals surface area contributed by atoms with Crippen molar-refractivity contribution in [1.29, 1.82) is 0 Å². The molecule has 0 unspecified atom stereocenters. The summed E-state index contributed by atoms with van der Waals surface area (Å²) in [5.41, 5.74) is -2.05. The Morgan fingerprint density at radius 2 is 1.41 bits per heavy atom. The molecule has 0 aliphatic heterocycles. The minimum Gasteiger partial charge on any atom is -0.271 e. The first-order valence-corrected chi connectivity index (χ1v) is 7.55. The zero-order valence-corrected chi connectivity index (χ0v) is 13.2. The van der Waals surface area contributed by atoms with E-state index in [1.807, 2.05) is 0 Å². The number of benzene rings is 2. The zero-order valence-electron chi connectivity index (χ0n) is 13.2. The van der Waals surface area contributed by atoms with Crippen molar-refractivity contribution in [2.45, 2.75) is 12.4 Å². The second kappa shape index (κ2) is 5.66. The van der Waals surface area contributed by atoms with E-state index in [4.69, 9.17) is 0 Å². The van der Waals surface area contributed by atoms with Gasteiger partial charge in [-0.1, -0.05) is 24.3 Å². The Hall–Kier alpha value is -3.17. The number of fused-ring (bicyclic) bond motifs is 3. The molecule has 0 aliphatic carbocycles. The molecule has 0 saturated carbocycles. The fraction of sp³-hybridized carbons (Fsp3) is 0.118. The topological polar surface area (TPSA) is 43.1 Å². The number of halogens is 6. The number of para-hydroxylation sites is 2. The maximum absolute atomic E-state index is 13.4. The van der Waals surface area contributed by atoms with Crippen LogP contribution < -0.4 is 0 Å². The zero-order chi connectivity index (χ0) is 19.4. The van der Waals surface area contributed by atoms with Gasteiger partial charge in [0.1, 0.15) is 0 Å². The van der Waals surface area contributed by atoms with Gasteiger partial charge < -0.3 is 0 Å². The molecular formula is C17H8F6N4. The van der Waals surface area contributed by atoms with E-state index in [-0.39, 0.29) is 16.9 Å². The van der Waals surface area contributed by atoms with Crippen molar-refractivity contribution in [2.75, 3.05) is 0 Å². The number of hydrogen-bond donors (Lipinski definition) is 0. The quantitative estimate of drug-likeness (QED) is 0.436. The predicted molar refractivity (Wildman–Crippen MR) is 83.7 cm³/mol. The number of nitrogens with zero attached hydrogens (tertiary/aromatic N) is 4. The molecule has 138 valence electrons. The Balaban J connectivity index is 2.01. The van der Waals surface area contributed by atoms with Crippen molar-refractivity contribution in [3.63, 3.8) is 0 Å². The van der Waals surface area contributed by atoms with Gasteiger partial charge in [0.15, 0.2) is 17.2 Å². The van der Waals surface area contributed by atoms with Crippen molar-refractivity contribution in [3.8, 4) is 11.4 Å². The highest BCUT2D eigenvalue weighted by molar-refractivity contribution is 5.81. The summed E-state index contributed by atoms with van der Waals surface area (Å²) in [6.45, 7) is 0. The van der Waals surface area contributed by atoms with Gasteiger partial charge in [0, 0.05) is 5.56 Å². The van der Waals surface area contributed by atoms with Crippen LogP contribution in [0.1, 0.15) is 11.3 Å². The molecular weight excluding hydrogens is 374 g/mol. The molecule has 0 spiro atoms. The van der Waals surface area contributed by atoms with Crippen molar-refractivity contribution < 1.29 is 26.3 Å². The van der Waals surface area contributed by atoms with E-state index in [2.05, 4.69) is 15.2 Å². The summed E-state index contributed by atoms with van der Waals surface area (Å²) < 4.78 is 79.5. The molecule has 10 heteroatoms. The Morgan fingerprint density at radius 1 is 0.741 bits per heavy atom. The molecule has 0 atom stereocenters. The van der Waals surface area contributed by atoms with Crippen LogP contribution in [0.15, 0.2) is 48.5 Å². The van der Waals surface area contributed by atoms with Gasteiger partial charge in [-0.15, -0.1) is 10.2 Å². The maximum atomic E-state index is 13.4. The average Bonchev–Trinajstić information content (AvgIpc) is 3.04. The van der Waals surface area contributed by atoms with Crippen LogP contribution in [0.3, 0.4) is 0 Å². The molecule has 0 N–H and O–H groups in total. The summed E-state index contributed by atoms with van der Waals surface area (Å²) in [6.07, 6.45) is -9.29. The highest BCUT2D eigenvalue weighted by atomic mass is 19.4. The van der Waals surface area contributed by atoms with Gasteiger partial charge in [0.05, 0.1) is 16.6 Å². The van der Waals surface area contributed by atoms with Gasteiger partial charge in [0.2, 0.25) is 0 Å². The third-order valence-electron chi connectivity index (χ3n) is 3.97. The minimum absolute atomic E-state index is 0.0113. The Kier molecular flexibility index (Phi) is 3.62. The summed E-state index contributed by atoms with van der Waals surface area (Å²) in [5, 5.41) is 7.36. The average molecular weight is 382 g/mol. The fourth-order valence-electron chi connectivity index (χ4n) is 2.77.